The minimum Gasteiger partial charge on any atom is -0.457 e. The number of unbranched alkanes of at least 4 members (excludes halogenated alkanes) is 3. The number of hydrogen-bond acceptors (Lipinski definition) is 6. The van der Waals surface area contributed by atoms with Crippen molar-refractivity contribution in [2.24, 2.45) is 17.8 Å². The molecule has 0 unspecified atom stereocenters. The third-order valence-electron chi connectivity index (χ3n) is 11.3. The van der Waals surface area contributed by atoms with E-state index in [-0.39, 0.29) is 16.8 Å². The number of nitro benzene ring substituents is 2. The lowest BCUT2D eigenvalue weighted by Gasteiger charge is -2.44. The summed E-state index contributed by atoms with van der Waals surface area (Å²) in [5.41, 5.74) is 2.43. The maximum atomic E-state index is 11.1. The molecule has 2 aliphatic carbocycles. The van der Waals surface area contributed by atoms with Crippen LogP contribution in [0.2, 0.25) is 0 Å². The normalized spacial score (nSPS) is 19.1. The molecule has 0 aliphatic heterocycles. The maximum Gasteiger partial charge on any atom is 0.269 e. The highest BCUT2D eigenvalue weighted by atomic mass is 16.6. The standard InChI is InChI=1S/C42H48N2O6/c1-2-3-4-5-6-31-7-9-32(10-8-31)33-27-29-42(30-28-33,34-11-19-38(20-12-34)49-40-23-15-36(16-24-40)43(45)46)35-13-21-39(22-14-35)50-41-25-17-37(18-26-41)44(47)48/h11-26,31-33H,2-10,27-30H2,1H3. The van der Waals surface area contributed by atoms with Crippen LogP contribution in [-0.2, 0) is 5.41 Å². The van der Waals surface area contributed by atoms with E-state index in [9.17, 15) is 20.2 Å². The zero-order chi connectivity index (χ0) is 34.9. The van der Waals surface area contributed by atoms with Crippen LogP contribution in [0.4, 0.5) is 11.4 Å². The predicted molar refractivity (Wildman–Crippen MR) is 196 cm³/mol. The highest BCUT2D eigenvalue weighted by Gasteiger charge is 2.41. The topological polar surface area (TPSA) is 105 Å². The molecule has 8 heteroatoms. The molecule has 8 nitrogen and oxygen atoms in total. The van der Waals surface area contributed by atoms with Crippen LogP contribution < -0.4 is 9.47 Å². The van der Waals surface area contributed by atoms with Crippen LogP contribution in [-0.4, -0.2) is 9.85 Å². The van der Waals surface area contributed by atoms with E-state index in [1.807, 2.05) is 24.3 Å². The Morgan fingerprint density at radius 2 is 0.960 bits per heavy atom. The first kappa shape index (κ1) is 35.1. The van der Waals surface area contributed by atoms with Crippen molar-refractivity contribution < 1.29 is 19.3 Å². The van der Waals surface area contributed by atoms with Gasteiger partial charge in [0.15, 0.2) is 0 Å². The van der Waals surface area contributed by atoms with Gasteiger partial charge in [0.25, 0.3) is 11.4 Å². The molecule has 2 saturated carbocycles. The molecule has 0 aromatic heterocycles. The Balaban J connectivity index is 1.17. The van der Waals surface area contributed by atoms with E-state index >= 15 is 0 Å². The number of benzene rings is 4. The fourth-order valence-electron chi connectivity index (χ4n) is 8.38. The monoisotopic (exact) mass is 676 g/mol. The van der Waals surface area contributed by atoms with Gasteiger partial charge in [-0.2, -0.15) is 0 Å². The summed E-state index contributed by atoms with van der Waals surface area (Å²) in [6, 6.07) is 29.0. The van der Waals surface area contributed by atoms with Gasteiger partial charge in [-0.05, 0) is 116 Å². The van der Waals surface area contributed by atoms with Crippen LogP contribution in [0.3, 0.4) is 0 Å². The lowest BCUT2D eigenvalue weighted by atomic mass is 9.60. The summed E-state index contributed by atoms with van der Waals surface area (Å²) in [7, 11) is 0. The first-order valence-electron chi connectivity index (χ1n) is 18.4. The van der Waals surface area contributed by atoms with Crippen molar-refractivity contribution in [2.75, 3.05) is 0 Å². The average Bonchev–Trinajstić information content (AvgIpc) is 3.15. The summed E-state index contributed by atoms with van der Waals surface area (Å²) < 4.78 is 12.1. The summed E-state index contributed by atoms with van der Waals surface area (Å²) in [6.07, 6.45) is 16.9. The van der Waals surface area contributed by atoms with Gasteiger partial charge >= 0.3 is 0 Å². The molecule has 0 radical (unpaired) electrons. The van der Waals surface area contributed by atoms with Gasteiger partial charge in [-0.15, -0.1) is 0 Å². The van der Waals surface area contributed by atoms with E-state index in [2.05, 4.69) is 31.2 Å². The third-order valence-corrected chi connectivity index (χ3v) is 11.3. The Morgan fingerprint density at radius 1 is 0.560 bits per heavy atom. The molecule has 0 amide bonds. The number of nitro groups is 2. The van der Waals surface area contributed by atoms with Gasteiger partial charge in [0.05, 0.1) is 9.85 Å². The lowest BCUT2D eigenvalue weighted by Crippen LogP contribution is -2.35. The second-order valence-corrected chi connectivity index (χ2v) is 14.3. The zero-order valence-electron chi connectivity index (χ0n) is 29.0. The number of ether oxygens (including phenoxy) is 2. The van der Waals surface area contributed by atoms with Crippen molar-refractivity contribution in [3.63, 3.8) is 0 Å². The van der Waals surface area contributed by atoms with Gasteiger partial charge in [0, 0.05) is 29.7 Å². The molecule has 4 aromatic rings. The van der Waals surface area contributed by atoms with Crippen LogP contribution in [0.5, 0.6) is 23.0 Å². The smallest absolute Gasteiger partial charge is 0.269 e. The molecule has 2 aliphatic rings. The second-order valence-electron chi connectivity index (χ2n) is 14.3. The van der Waals surface area contributed by atoms with Crippen molar-refractivity contribution in [2.45, 2.75) is 95.8 Å². The molecule has 0 heterocycles. The molecule has 0 atom stereocenters. The van der Waals surface area contributed by atoms with Gasteiger partial charge in [-0.25, -0.2) is 0 Å². The molecule has 50 heavy (non-hydrogen) atoms. The Bertz CT molecular complexity index is 1580. The van der Waals surface area contributed by atoms with Gasteiger partial charge in [-0.1, -0.05) is 76.1 Å². The van der Waals surface area contributed by atoms with Crippen LogP contribution >= 0.6 is 0 Å². The van der Waals surface area contributed by atoms with E-state index in [0.717, 1.165) is 30.6 Å². The van der Waals surface area contributed by atoms with Gasteiger partial charge in [-0.3, -0.25) is 20.2 Å². The van der Waals surface area contributed by atoms with E-state index < -0.39 is 9.85 Å². The molecular formula is C42H48N2O6. The summed E-state index contributed by atoms with van der Waals surface area (Å²) in [5.74, 6) is 4.99. The van der Waals surface area contributed by atoms with Crippen LogP contribution in [0.25, 0.3) is 0 Å². The number of non-ortho nitro benzene ring substituents is 2. The fraction of sp³-hybridized carbons (Fsp3) is 0.429. The minimum absolute atomic E-state index is 0.0323. The zero-order valence-corrected chi connectivity index (χ0v) is 29.0. The van der Waals surface area contributed by atoms with E-state index in [0.29, 0.717) is 23.0 Å². The molecule has 0 bridgehead atoms. The van der Waals surface area contributed by atoms with Crippen LogP contribution in [0.1, 0.15) is 102 Å². The highest BCUT2D eigenvalue weighted by Crippen LogP contribution is 2.51. The maximum absolute atomic E-state index is 11.1. The first-order chi connectivity index (χ1) is 24.3. The second kappa shape index (κ2) is 16.3. The lowest BCUT2D eigenvalue weighted by molar-refractivity contribution is -0.385. The highest BCUT2D eigenvalue weighted by molar-refractivity contribution is 5.46. The minimum atomic E-state index is -0.415. The molecule has 0 N–H and O–H groups in total. The summed E-state index contributed by atoms with van der Waals surface area (Å²) in [4.78, 5) is 21.3. The number of rotatable bonds is 14. The van der Waals surface area contributed by atoms with E-state index in [1.165, 1.54) is 106 Å². The molecule has 262 valence electrons. The SMILES string of the molecule is CCCCCCC1CCC(C2CCC(c3ccc(Oc4ccc([N+](=O)[O-])cc4)cc3)(c3ccc(Oc4ccc([N+](=O)[O-])cc4)cc3)CC2)CC1. The van der Waals surface area contributed by atoms with Crippen molar-refractivity contribution >= 4 is 11.4 Å². The van der Waals surface area contributed by atoms with Gasteiger partial charge in [0.2, 0.25) is 0 Å². The Kier molecular flexibility index (Phi) is 11.5. The fourth-order valence-corrected chi connectivity index (χ4v) is 8.38. The van der Waals surface area contributed by atoms with Crippen molar-refractivity contribution in [1.29, 1.82) is 0 Å². The third kappa shape index (κ3) is 8.52. The van der Waals surface area contributed by atoms with Gasteiger partial charge in [0.1, 0.15) is 23.0 Å². The Morgan fingerprint density at radius 3 is 1.36 bits per heavy atom. The number of nitrogens with zero attached hydrogens (tertiary/aromatic N) is 2. The van der Waals surface area contributed by atoms with Crippen LogP contribution in [0, 0.1) is 38.0 Å². The quantitative estimate of drug-likeness (QED) is 0.0747. The number of hydrogen-bond donors (Lipinski definition) is 0. The summed E-state index contributed by atoms with van der Waals surface area (Å²) in [6.45, 7) is 2.28. The van der Waals surface area contributed by atoms with Gasteiger partial charge < -0.3 is 9.47 Å². The molecule has 0 spiro atoms. The van der Waals surface area contributed by atoms with E-state index in [4.69, 9.17) is 9.47 Å². The Hall–Kier alpha value is -4.72. The van der Waals surface area contributed by atoms with E-state index in [1.54, 1.807) is 24.3 Å². The Labute approximate surface area is 295 Å². The largest absolute Gasteiger partial charge is 0.457 e. The first-order valence-corrected chi connectivity index (χ1v) is 18.4. The van der Waals surface area contributed by atoms with Crippen molar-refractivity contribution in [1.82, 2.24) is 0 Å². The van der Waals surface area contributed by atoms with Crippen molar-refractivity contribution in [3.05, 3.63) is 128 Å². The van der Waals surface area contributed by atoms with Crippen LogP contribution in [0.15, 0.2) is 97.1 Å². The summed E-state index contributed by atoms with van der Waals surface area (Å²) in [5, 5.41) is 22.1. The average molecular weight is 677 g/mol. The molecule has 6 rings (SSSR count). The molecule has 2 fully saturated rings. The predicted octanol–water partition coefficient (Wildman–Crippen LogP) is 12.3. The molecule has 4 aromatic carbocycles. The summed E-state index contributed by atoms with van der Waals surface area (Å²) >= 11 is 0. The van der Waals surface area contributed by atoms with Crippen molar-refractivity contribution in [3.8, 4) is 23.0 Å². The molecule has 0 saturated heterocycles. The molecular weight excluding hydrogens is 628 g/mol.